The van der Waals surface area contributed by atoms with Gasteiger partial charge in [0.1, 0.15) is 0 Å². The molecule has 1 aromatic carbocycles. The quantitative estimate of drug-likeness (QED) is 0.741. The van der Waals surface area contributed by atoms with Crippen molar-refractivity contribution in [2.24, 2.45) is 0 Å². The highest BCUT2D eigenvalue weighted by molar-refractivity contribution is 7.91. The maximum absolute atomic E-state index is 13.5. The number of hydrogen-bond donors (Lipinski definition) is 1. The van der Waals surface area contributed by atoms with Crippen LogP contribution in [0.25, 0.3) is 0 Å². The van der Waals surface area contributed by atoms with Gasteiger partial charge in [-0.1, -0.05) is 18.2 Å². The number of carbonyl (C=O) groups is 2. The molecule has 0 saturated carbocycles. The lowest BCUT2D eigenvalue weighted by atomic mass is 9.90. The van der Waals surface area contributed by atoms with Gasteiger partial charge in [-0.15, -0.1) is 0 Å². The first kappa shape index (κ1) is 21.2. The van der Waals surface area contributed by atoms with E-state index in [1.165, 1.54) is 25.1 Å². The number of amides is 2. The van der Waals surface area contributed by atoms with E-state index < -0.39 is 45.7 Å². The van der Waals surface area contributed by atoms with Crippen molar-refractivity contribution in [3.05, 3.63) is 46.7 Å². The largest absolute Gasteiger partial charge is 0.466 e. The standard InChI is InChI=1S/C18H19F3N2O5S/c1-10-14(16(24)28-2)15(12-5-3-4-6-13(12)18(19,20)21)22-17(25)23(10)11-7-8-29(26,27)9-11/h3-6,11,15H,7-9H2,1-2H3,(H,22,25)/t11-,15+/m0/s1. The topological polar surface area (TPSA) is 92.8 Å². The van der Waals surface area contributed by atoms with E-state index in [2.05, 4.69) is 5.32 Å². The molecule has 1 saturated heterocycles. The number of rotatable bonds is 3. The predicted octanol–water partition coefficient (Wildman–Crippen LogP) is 2.41. The first-order valence-electron chi connectivity index (χ1n) is 8.71. The summed E-state index contributed by atoms with van der Waals surface area (Å²) >= 11 is 0. The smallest absolute Gasteiger partial charge is 0.416 e. The molecule has 2 heterocycles. The van der Waals surface area contributed by atoms with E-state index in [1.54, 1.807) is 0 Å². The first-order chi connectivity index (χ1) is 13.5. The maximum atomic E-state index is 13.5. The highest BCUT2D eigenvalue weighted by atomic mass is 32.2. The molecule has 1 aromatic rings. The Bertz CT molecular complexity index is 987. The van der Waals surface area contributed by atoms with E-state index in [1.807, 2.05) is 0 Å². The maximum Gasteiger partial charge on any atom is 0.416 e. The van der Waals surface area contributed by atoms with E-state index in [9.17, 15) is 31.2 Å². The van der Waals surface area contributed by atoms with Crippen molar-refractivity contribution >= 4 is 21.8 Å². The van der Waals surface area contributed by atoms with Crippen LogP contribution in [-0.4, -0.2) is 50.0 Å². The van der Waals surface area contributed by atoms with Gasteiger partial charge >= 0.3 is 18.2 Å². The molecule has 2 aliphatic rings. The highest BCUT2D eigenvalue weighted by Crippen LogP contribution is 2.40. The Morgan fingerprint density at radius 3 is 2.48 bits per heavy atom. The fourth-order valence-corrected chi connectivity index (χ4v) is 5.49. The van der Waals surface area contributed by atoms with Gasteiger partial charge < -0.3 is 10.1 Å². The van der Waals surface area contributed by atoms with Crippen LogP contribution in [0.1, 0.15) is 30.5 Å². The fourth-order valence-electron chi connectivity index (χ4n) is 3.79. The molecule has 11 heteroatoms. The number of allylic oxidation sites excluding steroid dienone is 1. The number of nitrogens with zero attached hydrogens (tertiary/aromatic N) is 1. The van der Waals surface area contributed by atoms with Gasteiger partial charge in [0.25, 0.3) is 0 Å². The zero-order valence-corrected chi connectivity index (χ0v) is 16.4. The van der Waals surface area contributed by atoms with Gasteiger partial charge in [-0.25, -0.2) is 18.0 Å². The Labute approximate surface area is 165 Å². The minimum Gasteiger partial charge on any atom is -0.466 e. The van der Waals surface area contributed by atoms with Gasteiger partial charge in [-0.3, -0.25) is 4.90 Å². The zero-order chi connectivity index (χ0) is 21.6. The number of esters is 1. The van der Waals surface area contributed by atoms with E-state index >= 15 is 0 Å². The molecule has 0 radical (unpaired) electrons. The summed E-state index contributed by atoms with van der Waals surface area (Å²) in [6, 6.07) is 1.76. The molecular weight excluding hydrogens is 413 g/mol. The molecule has 3 rings (SSSR count). The molecule has 1 N–H and O–H groups in total. The summed E-state index contributed by atoms with van der Waals surface area (Å²) in [4.78, 5) is 26.3. The SMILES string of the molecule is COC(=O)C1=C(C)N([C@H]2CCS(=O)(=O)C2)C(=O)N[C@@H]1c1ccccc1C(F)(F)F. The van der Waals surface area contributed by atoms with Crippen LogP contribution in [0.2, 0.25) is 0 Å². The minimum atomic E-state index is -4.70. The number of sulfone groups is 1. The lowest BCUT2D eigenvalue weighted by Crippen LogP contribution is -2.52. The summed E-state index contributed by atoms with van der Waals surface area (Å²) in [5, 5.41) is 2.43. The molecular formula is C18H19F3N2O5S. The molecule has 2 atom stereocenters. The lowest BCUT2D eigenvalue weighted by Gasteiger charge is -2.38. The summed E-state index contributed by atoms with van der Waals surface area (Å²) in [6.07, 6.45) is -4.53. The van der Waals surface area contributed by atoms with Crippen molar-refractivity contribution in [3.63, 3.8) is 0 Å². The van der Waals surface area contributed by atoms with Crippen molar-refractivity contribution in [1.29, 1.82) is 0 Å². The van der Waals surface area contributed by atoms with Crippen LogP contribution in [0.4, 0.5) is 18.0 Å². The molecule has 0 spiro atoms. The van der Waals surface area contributed by atoms with Crippen LogP contribution < -0.4 is 5.32 Å². The Morgan fingerprint density at radius 1 is 1.28 bits per heavy atom. The zero-order valence-electron chi connectivity index (χ0n) is 15.6. The molecule has 0 unspecified atom stereocenters. The molecule has 29 heavy (non-hydrogen) atoms. The number of carbonyl (C=O) groups excluding carboxylic acids is 2. The van der Waals surface area contributed by atoms with Gasteiger partial charge in [0.2, 0.25) is 0 Å². The monoisotopic (exact) mass is 432 g/mol. The summed E-state index contributed by atoms with van der Waals surface area (Å²) < 4.78 is 68.9. The molecule has 2 amide bonds. The summed E-state index contributed by atoms with van der Waals surface area (Å²) in [5.74, 6) is -1.30. The van der Waals surface area contributed by atoms with Crippen LogP contribution in [0.15, 0.2) is 35.5 Å². The minimum absolute atomic E-state index is 0.0738. The molecule has 0 aromatic heterocycles. The molecule has 2 aliphatic heterocycles. The second-order valence-electron chi connectivity index (χ2n) is 6.89. The Kier molecular flexibility index (Phi) is 5.37. The Morgan fingerprint density at radius 2 is 1.93 bits per heavy atom. The van der Waals surface area contributed by atoms with Crippen molar-refractivity contribution < 1.29 is 35.9 Å². The lowest BCUT2D eigenvalue weighted by molar-refractivity contribution is -0.140. The van der Waals surface area contributed by atoms with E-state index in [-0.39, 0.29) is 34.8 Å². The average Bonchev–Trinajstić information content (AvgIpc) is 2.99. The number of urea groups is 1. The Balaban J connectivity index is 2.14. The number of methoxy groups -OCH3 is 1. The second kappa shape index (κ2) is 7.36. The summed E-state index contributed by atoms with van der Waals surface area (Å²) in [6.45, 7) is 1.40. The third-order valence-electron chi connectivity index (χ3n) is 5.08. The molecule has 1 fully saturated rings. The van der Waals surface area contributed by atoms with Crippen LogP contribution in [0.3, 0.4) is 0 Å². The van der Waals surface area contributed by atoms with Crippen LogP contribution >= 0.6 is 0 Å². The van der Waals surface area contributed by atoms with E-state index in [4.69, 9.17) is 4.74 Å². The third-order valence-corrected chi connectivity index (χ3v) is 6.83. The van der Waals surface area contributed by atoms with Crippen molar-refractivity contribution in [2.45, 2.75) is 31.6 Å². The van der Waals surface area contributed by atoms with E-state index in [0.29, 0.717) is 0 Å². The van der Waals surface area contributed by atoms with Crippen molar-refractivity contribution in [1.82, 2.24) is 10.2 Å². The number of halogens is 3. The van der Waals surface area contributed by atoms with Crippen LogP contribution in [0, 0.1) is 0 Å². The number of ether oxygens (including phenoxy) is 1. The molecule has 0 aliphatic carbocycles. The fraction of sp³-hybridized carbons (Fsp3) is 0.444. The van der Waals surface area contributed by atoms with Gasteiger partial charge in [-0.2, -0.15) is 13.2 Å². The van der Waals surface area contributed by atoms with Gasteiger partial charge in [0, 0.05) is 5.70 Å². The highest BCUT2D eigenvalue weighted by Gasteiger charge is 2.45. The average molecular weight is 432 g/mol. The Hall–Kier alpha value is -2.56. The van der Waals surface area contributed by atoms with Gasteiger partial charge in [0.05, 0.1) is 41.8 Å². The summed E-state index contributed by atoms with van der Waals surface area (Å²) in [7, 11) is -2.26. The number of hydrogen-bond acceptors (Lipinski definition) is 5. The van der Waals surface area contributed by atoms with Crippen LogP contribution in [0.5, 0.6) is 0 Å². The van der Waals surface area contributed by atoms with Crippen LogP contribution in [-0.2, 0) is 25.5 Å². The molecule has 7 nitrogen and oxygen atoms in total. The third kappa shape index (κ3) is 3.96. The number of nitrogens with one attached hydrogen (secondary N) is 1. The first-order valence-corrected chi connectivity index (χ1v) is 10.5. The predicted molar refractivity (Wildman–Crippen MR) is 96.3 cm³/mol. The molecule has 0 bridgehead atoms. The number of benzene rings is 1. The second-order valence-corrected chi connectivity index (χ2v) is 9.11. The van der Waals surface area contributed by atoms with Gasteiger partial charge in [0.15, 0.2) is 9.84 Å². The van der Waals surface area contributed by atoms with Gasteiger partial charge in [-0.05, 0) is 25.0 Å². The van der Waals surface area contributed by atoms with Crippen molar-refractivity contribution in [3.8, 4) is 0 Å². The van der Waals surface area contributed by atoms with Crippen molar-refractivity contribution in [2.75, 3.05) is 18.6 Å². The summed E-state index contributed by atoms with van der Waals surface area (Å²) in [5.41, 5.74) is -1.39. The van der Waals surface area contributed by atoms with E-state index in [0.717, 1.165) is 18.1 Å². The normalized spacial score (nSPS) is 24.4. The molecule has 158 valence electrons. The number of alkyl halides is 3.